The third kappa shape index (κ3) is 2.02. The van der Waals surface area contributed by atoms with Gasteiger partial charge in [0.2, 0.25) is 0 Å². The van der Waals surface area contributed by atoms with Gasteiger partial charge in [-0.25, -0.2) is 0 Å². The highest BCUT2D eigenvalue weighted by molar-refractivity contribution is 6.54. The van der Waals surface area contributed by atoms with Gasteiger partial charge in [0.15, 0.2) is 9.04 Å². The van der Waals surface area contributed by atoms with Crippen LogP contribution in [0.4, 0.5) is 0 Å². The van der Waals surface area contributed by atoms with Crippen LogP contribution in [0, 0.1) is 0 Å². The Morgan fingerprint density at radius 1 is 1.40 bits per heavy atom. The van der Waals surface area contributed by atoms with Crippen LogP contribution in [0.5, 0.6) is 0 Å². The third-order valence-electron chi connectivity index (χ3n) is 1.52. The van der Waals surface area contributed by atoms with Crippen LogP contribution in [-0.4, -0.2) is 25.4 Å². The van der Waals surface area contributed by atoms with E-state index in [4.69, 9.17) is 39.2 Å². The minimum absolute atomic E-state index is 0.000386. The summed E-state index contributed by atoms with van der Waals surface area (Å²) in [6, 6.07) is 0.916. The van der Waals surface area contributed by atoms with Crippen molar-refractivity contribution < 1.29 is 4.43 Å². The van der Waals surface area contributed by atoms with E-state index in [-0.39, 0.29) is 16.3 Å². The molecule has 1 aliphatic heterocycles. The van der Waals surface area contributed by atoms with E-state index >= 15 is 0 Å². The van der Waals surface area contributed by atoms with Crippen molar-refractivity contribution in [3.8, 4) is 0 Å². The van der Waals surface area contributed by atoms with Gasteiger partial charge in [-0.05, 0) is 12.6 Å². The van der Waals surface area contributed by atoms with Crippen LogP contribution in [0.2, 0.25) is 12.6 Å². The van der Waals surface area contributed by atoms with E-state index in [0.29, 0.717) is 0 Å². The largest absolute Gasteiger partial charge is 0.403 e. The molecule has 0 N–H and O–H groups in total. The minimum Gasteiger partial charge on any atom is -0.403 e. The van der Waals surface area contributed by atoms with E-state index in [9.17, 15) is 0 Å². The highest BCUT2D eigenvalue weighted by Gasteiger charge is 2.33. The van der Waals surface area contributed by atoms with Gasteiger partial charge in [-0.1, -0.05) is 11.6 Å². The van der Waals surface area contributed by atoms with Crippen LogP contribution < -0.4 is 0 Å². The highest BCUT2D eigenvalue weighted by atomic mass is 35.5. The number of hydrogen-bond donors (Lipinski definition) is 0. The van der Waals surface area contributed by atoms with Gasteiger partial charge in [-0.15, -0.1) is 23.2 Å². The first-order valence-electron chi connectivity index (χ1n) is 3.19. The molecule has 1 saturated heterocycles. The smallest absolute Gasteiger partial charge is 0.177 e. The Kier molecular flexibility index (Phi) is 3.32. The Bertz CT molecular complexity index is 111. The topological polar surface area (TPSA) is 9.23 Å². The summed E-state index contributed by atoms with van der Waals surface area (Å²) < 4.78 is 5.36. The first-order chi connectivity index (χ1) is 4.61. The van der Waals surface area contributed by atoms with Crippen molar-refractivity contribution in [1.82, 2.24) is 0 Å². The summed E-state index contributed by atoms with van der Waals surface area (Å²) in [7, 11) is -1.10. The van der Waals surface area contributed by atoms with Crippen molar-refractivity contribution in [1.29, 1.82) is 0 Å². The number of alkyl halides is 3. The fraction of sp³-hybridized carbons (Fsp3) is 1.00. The third-order valence-corrected chi connectivity index (χ3v) is 5.53. The van der Waals surface area contributed by atoms with Gasteiger partial charge in [0.1, 0.15) is 5.56 Å². The minimum atomic E-state index is -1.10. The summed E-state index contributed by atoms with van der Waals surface area (Å²) in [6.07, 6.45) is 0. The summed E-state index contributed by atoms with van der Waals surface area (Å²) >= 11 is 17.5. The average molecular weight is 220 g/mol. The molecule has 1 rings (SSSR count). The first kappa shape index (κ1) is 9.14. The predicted molar refractivity (Wildman–Crippen MR) is 47.8 cm³/mol. The Morgan fingerprint density at radius 3 is 2.50 bits per heavy atom. The van der Waals surface area contributed by atoms with Crippen LogP contribution in [-0.2, 0) is 4.43 Å². The molecule has 0 radical (unpaired) electrons. The molecular weight excluding hydrogens is 210 g/mol. The van der Waals surface area contributed by atoms with Gasteiger partial charge in [-0.3, -0.25) is 0 Å². The van der Waals surface area contributed by atoms with Crippen molar-refractivity contribution in [2.45, 2.75) is 28.9 Å². The van der Waals surface area contributed by atoms with Crippen molar-refractivity contribution in [3.05, 3.63) is 0 Å². The molecule has 0 aliphatic carbocycles. The quantitative estimate of drug-likeness (QED) is 0.448. The van der Waals surface area contributed by atoms with Crippen LogP contribution in [0.3, 0.4) is 0 Å². The molecule has 1 nitrogen and oxygen atoms in total. The predicted octanol–water partition coefficient (Wildman–Crippen LogP) is 2.15. The summed E-state index contributed by atoms with van der Waals surface area (Å²) in [4.78, 5) is 0. The van der Waals surface area contributed by atoms with E-state index in [1.165, 1.54) is 0 Å². The Balaban J connectivity index is 2.49. The number of hydrogen-bond acceptors (Lipinski definition) is 1. The lowest BCUT2D eigenvalue weighted by Gasteiger charge is -2.30. The summed E-state index contributed by atoms with van der Waals surface area (Å²) in [6.45, 7) is 2.08. The second-order valence-corrected chi connectivity index (χ2v) is 6.35. The van der Waals surface area contributed by atoms with Crippen LogP contribution in [0.25, 0.3) is 0 Å². The molecule has 1 fully saturated rings. The van der Waals surface area contributed by atoms with Gasteiger partial charge >= 0.3 is 0 Å². The van der Waals surface area contributed by atoms with Crippen LogP contribution >= 0.6 is 34.8 Å². The maximum atomic E-state index is 5.90. The molecule has 0 aromatic rings. The molecule has 4 unspecified atom stereocenters. The van der Waals surface area contributed by atoms with Crippen molar-refractivity contribution in [3.63, 3.8) is 0 Å². The van der Waals surface area contributed by atoms with Gasteiger partial charge < -0.3 is 4.43 Å². The number of rotatable bonds is 0. The molecule has 0 saturated carbocycles. The van der Waals surface area contributed by atoms with Crippen LogP contribution in [0.1, 0.15) is 0 Å². The highest BCUT2D eigenvalue weighted by Crippen LogP contribution is 2.29. The molecule has 1 aliphatic rings. The molecule has 0 aromatic carbocycles. The van der Waals surface area contributed by atoms with E-state index in [2.05, 4.69) is 6.55 Å². The second kappa shape index (κ2) is 3.63. The maximum Gasteiger partial charge on any atom is 0.177 e. The summed E-state index contributed by atoms with van der Waals surface area (Å²) in [5, 5.41) is -0.230. The first-order valence-corrected chi connectivity index (χ1v) is 6.94. The van der Waals surface area contributed by atoms with Crippen molar-refractivity contribution in [2.75, 3.05) is 0 Å². The van der Waals surface area contributed by atoms with E-state index in [1.54, 1.807) is 0 Å². The summed E-state index contributed by atoms with van der Waals surface area (Å²) in [5.74, 6) is 0. The van der Waals surface area contributed by atoms with Gasteiger partial charge in [-0.2, -0.15) is 0 Å². The molecule has 0 bridgehead atoms. The molecule has 5 heteroatoms. The van der Waals surface area contributed by atoms with E-state index in [1.807, 2.05) is 0 Å². The number of halogens is 3. The van der Waals surface area contributed by atoms with Gasteiger partial charge in [0.25, 0.3) is 0 Å². The molecule has 10 heavy (non-hydrogen) atoms. The maximum absolute atomic E-state index is 5.90. The molecule has 1 heterocycles. The normalized spacial score (nSPS) is 49.2. The Morgan fingerprint density at radius 2 is 2.00 bits per heavy atom. The monoisotopic (exact) mass is 218 g/mol. The van der Waals surface area contributed by atoms with Gasteiger partial charge in [0.05, 0.1) is 10.8 Å². The van der Waals surface area contributed by atoms with E-state index in [0.717, 1.165) is 6.04 Å². The molecule has 4 atom stereocenters. The molecular formula is C5H9Cl3OSi. The lowest BCUT2D eigenvalue weighted by molar-refractivity contribution is 0.256. The van der Waals surface area contributed by atoms with Crippen LogP contribution in [0.15, 0.2) is 0 Å². The zero-order valence-electron chi connectivity index (χ0n) is 5.56. The van der Waals surface area contributed by atoms with Gasteiger partial charge in [0, 0.05) is 0 Å². The average Bonchev–Trinajstić information content (AvgIpc) is 1.82. The molecule has 0 spiro atoms. The second-order valence-electron chi connectivity index (χ2n) is 2.49. The molecule has 0 amide bonds. The molecule has 60 valence electrons. The van der Waals surface area contributed by atoms with E-state index < -0.39 is 9.04 Å². The lowest BCUT2D eigenvalue weighted by Crippen LogP contribution is -2.40. The van der Waals surface area contributed by atoms with Crippen molar-refractivity contribution in [2.24, 2.45) is 0 Å². The Labute approximate surface area is 77.3 Å². The fourth-order valence-electron chi connectivity index (χ4n) is 0.964. The fourth-order valence-corrected chi connectivity index (χ4v) is 4.71. The van der Waals surface area contributed by atoms with Crippen molar-refractivity contribution >= 4 is 43.8 Å². The zero-order chi connectivity index (χ0) is 7.72. The standard InChI is InChI=1S/C5H9Cl3OSi/c1-10-2-3(6)4(7)5(8)9-10/h3-5,10H,2H2,1H3. The lowest BCUT2D eigenvalue weighted by atomic mass is 10.3. The Hall–Kier alpha value is 1.05. The molecule has 0 aromatic heterocycles. The SMILES string of the molecule is C[SiH]1CC(Cl)C(Cl)C(Cl)O1. The zero-order valence-corrected chi connectivity index (χ0v) is 8.98. The summed E-state index contributed by atoms with van der Waals surface area (Å²) in [5.41, 5.74) is -0.375.